The van der Waals surface area contributed by atoms with Crippen molar-refractivity contribution in [1.82, 2.24) is 5.32 Å². The van der Waals surface area contributed by atoms with Crippen molar-refractivity contribution in [3.05, 3.63) is 29.8 Å². The van der Waals surface area contributed by atoms with E-state index in [-0.39, 0.29) is 17.7 Å². The third-order valence-electron chi connectivity index (χ3n) is 2.56. The molecule has 0 fully saturated rings. The quantitative estimate of drug-likeness (QED) is 0.768. The lowest BCUT2D eigenvalue weighted by atomic mass is 10.1. The molecule has 0 aliphatic carbocycles. The molecule has 0 aliphatic heterocycles. The molecule has 116 valence electrons. The summed E-state index contributed by atoms with van der Waals surface area (Å²) in [5, 5.41) is 11.3. The van der Waals surface area contributed by atoms with Gasteiger partial charge < -0.3 is 15.2 Å². The predicted molar refractivity (Wildman–Crippen MR) is 75.0 cm³/mol. The van der Waals surface area contributed by atoms with E-state index in [2.05, 4.69) is 10.1 Å². The van der Waals surface area contributed by atoms with E-state index in [4.69, 9.17) is 5.11 Å². The molecule has 0 bridgehead atoms. The normalized spacial score (nSPS) is 12.0. The number of halogens is 2. The second-order valence-electron chi connectivity index (χ2n) is 4.02. The van der Waals surface area contributed by atoms with Crippen molar-refractivity contribution in [2.45, 2.75) is 19.1 Å². The fourth-order valence-electron chi connectivity index (χ4n) is 1.58. The summed E-state index contributed by atoms with van der Waals surface area (Å²) in [6, 6.07) is 4.35. The Balaban J connectivity index is 2.84. The first kappa shape index (κ1) is 17.2. The van der Waals surface area contributed by atoms with E-state index in [0.29, 0.717) is 5.75 Å². The third kappa shape index (κ3) is 5.58. The van der Waals surface area contributed by atoms with Gasteiger partial charge in [-0.05, 0) is 30.6 Å². The maximum Gasteiger partial charge on any atom is 0.387 e. The highest BCUT2D eigenvalue weighted by molar-refractivity contribution is 7.98. The summed E-state index contributed by atoms with van der Waals surface area (Å²) in [4.78, 5) is 23.1. The van der Waals surface area contributed by atoms with E-state index in [1.165, 1.54) is 36.0 Å². The van der Waals surface area contributed by atoms with Crippen LogP contribution in [0.2, 0.25) is 0 Å². The highest BCUT2D eigenvalue weighted by Crippen LogP contribution is 2.20. The summed E-state index contributed by atoms with van der Waals surface area (Å²) >= 11 is 1.44. The number of amides is 1. The van der Waals surface area contributed by atoms with Crippen molar-refractivity contribution in [1.29, 1.82) is 0 Å². The molecule has 8 heteroatoms. The zero-order chi connectivity index (χ0) is 15.8. The van der Waals surface area contributed by atoms with Gasteiger partial charge in [-0.15, -0.1) is 0 Å². The Morgan fingerprint density at radius 3 is 2.62 bits per heavy atom. The smallest absolute Gasteiger partial charge is 0.387 e. The van der Waals surface area contributed by atoms with Gasteiger partial charge in [-0.3, -0.25) is 4.79 Å². The number of carboxylic acid groups (broad SMARTS) is 1. The summed E-state index contributed by atoms with van der Waals surface area (Å²) in [5.74, 6) is -1.68. The van der Waals surface area contributed by atoms with E-state index in [9.17, 15) is 18.4 Å². The Hall–Kier alpha value is -1.83. The summed E-state index contributed by atoms with van der Waals surface area (Å²) in [7, 11) is 0. The molecule has 1 rings (SSSR count). The van der Waals surface area contributed by atoms with Crippen LogP contribution in [0.25, 0.3) is 0 Å². The molecule has 21 heavy (non-hydrogen) atoms. The van der Waals surface area contributed by atoms with Crippen molar-refractivity contribution in [2.75, 3.05) is 12.0 Å². The van der Waals surface area contributed by atoms with Crippen LogP contribution in [0, 0.1) is 0 Å². The van der Waals surface area contributed by atoms with E-state index in [0.717, 1.165) is 0 Å². The second-order valence-corrected chi connectivity index (χ2v) is 5.01. The Morgan fingerprint density at radius 2 is 2.05 bits per heavy atom. The average Bonchev–Trinajstić information content (AvgIpc) is 2.42. The summed E-state index contributed by atoms with van der Waals surface area (Å²) in [5.41, 5.74) is -0.131. The number of carboxylic acids is 1. The molecular formula is C13H15F2NO4S. The van der Waals surface area contributed by atoms with Crippen LogP contribution in [-0.2, 0) is 4.79 Å². The van der Waals surface area contributed by atoms with Gasteiger partial charge in [-0.25, -0.2) is 4.79 Å². The number of rotatable bonds is 8. The second kappa shape index (κ2) is 8.46. The molecule has 0 saturated heterocycles. The first-order valence-corrected chi connectivity index (χ1v) is 7.41. The lowest BCUT2D eigenvalue weighted by molar-refractivity contribution is -0.139. The molecule has 0 aromatic heterocycles. The number of alkyl halides is 2. The number of carbonyl (C=O) groups excluding carboxylic acids is 1. The van der Waals surface area contributed by atoms with Crippen molar-refractivity contribution in [3.63, 3.8) is 0 Å². The fourth-order valence-corrected chi connectivity index (χ4v) is 2.05. The van der Waals surface area contributed by atoms with Crippen LogP contribution in [-0.4, -0.2) is 41.6 Å². The Kier molecular flexibility index (Phi) is 6.93. The number of benzene rings is 1. The molecule has 1 amide bonds. The van der Waals surface area contributed by atoms with Crippen LogP contribution >= 0.6 is 11.8 Å². The van der Waals surface area contributed by atoms with Gasteiger partial charge in [0.2, 0.25) is 0 Å². The van der Waals surface area contributed by atoms with Gasteiger partial charge in [0.05, 0.1) is 5.56 Å². The van der Waals surface area contributed by atoms with Gasteiger partial charge in [0, 0.05) is 0 Å². The number of hydrogen-bond acceptors (Lipinski definition) is 4. The maximum atomic E-state index is 12.3. The van der Waals surface area contributed by atoms with Gasteiger partial charge in [0.15, 0.2) is 0 Å². The molecule has 1 aromatic rings. The number of aliphatic carboxylic acids is 1. The van der Waals surface area contributed by atoms with Crippen molar-refractivity contribution >= 4 is 23.6 Å². The summed E-state index contributed by atoms with van der Waals surface area (Å²) in [6.07, 6.45) is 2.05. The minimum absolute atomic E-state index is 0.131. The van der Waals surface area contributed by atoms with E-state index < -0.39 is 24.5 Å². The Bertz CT molecular complexity index is 499. The van der Waals surface area contributed by atoms with Crippen LogP contribution in [0.5, 0.6) is 5.75 Å². The number of carbonyl (C=O) groups is 2. The third-order valence-corrected chi connectivity index (χ3v) is 3.21. The molecule has 2 N–H and O–H groups in total. The summed E-state index contributed by atoms with van der Waals surface area (Å²) < 4.78 is 28.8. The molecule has 1 aromatic carbocycles. The Morgan fingerprint density at radius 1 is 1.38 bits per heavy atom. The summed E-state index contributed by atoms with van der Waals surface area (Å²) in [6.45, 7) is -3.06. The maximum absolute atomic E-state index is 12.3. The van der Waals surface area contributed by atoms with Gasteiger partial charge in [-0.2, -0.15) is 20.5 Å². The molecule has 0 spiro atoms. The zero-order valence-corrected chi connectivity index (χ0v) is 12.0. The molecule has 1 atom stereocenters. The highest BCUT2D eigenvalue weighted by atomic mass is 32.2. The Labute approximate surface area is 124 Å². The molecule has 0 radical (unpaired) electrons. The number of nitrogens with one attached hydrogen (secondary N) is 1. The molecular weight excluding hydrogens is 304 g/mol. The molecule has 0 aliphatic rings. The zero-order valence-electron chi connectivity index (χ0n) is 11.2. The van der Waals surface area contributed by atoms with Crippen molar-refractivity contribution in [2.24, 2.45) is 0 Å². The van der Waals surface area contributed by atoms with E-state index in [1.807, 2.05) is 6.26 Å². The fraction of sp³-hybridized carbons (Fsp3) is 0.385. The van der Waals surface area contributed by atoms with Gasteiger partial charge >= 0.3 is 12.6 Å². The van der Waals surface area contributed by atoms with Crippen LogP contribution in [0.4, 0.5) is 8.78 Å². The van der Waals surface area contributed by atoms with Gasteiger partial charge in [-0.1, -0.05) is 12.1 Å². The minimum Gasteiger partial charge on any atom is -0.480 e. The minimum atomic E-state index is -3.06. The average molecular weight is 319 g/mol. The van der Waals surface area contributed by atoms with E-state index in [1.54, 1.807) is 0 Å². The highest BCUT2D eigenvalue weighted by Gasteiger charge is 2.22. The lowest BCUT2D eigenvalue weighted by Crippen LogP contribution is -2.41. The van der Waals surface area contributed by atoms with Crippen LogP contribution in [0.15, 0.2) is 24.3 Å². The topological polar surface area (TPSA) is 75.6 Å². The monoisotopic (exact) mass is 319 g/mol. The first-order valence-electron chi connectivity index (χ1n) is 6.02. The van der Waals surface area contributed by atoms with Crippen LogP contribution in [0.1, 0.15) is 16.8 Å². The predicted octanol–water partition coefficient (Wildman–Crippen LogP) is 2.22. The molecule has 0 unspecified atom stereocenters. The number of thioether (sulfide) groups is 1. The van der Waals surface area contributed by atoms with Gasteiger partial charge in [0.25, 0.3) is 5.91 Å². The SMILES string of the molecule is CSCC[C@H](NC(=O)c1ccccc1OC(F)F)C(=O)O. The molecule has 0 saturated carbocycles. The standard InChI is InChI=1S/C13H15F2NO4S/c1-21-7-6-9(12(18)19)16-11(17)8-4-2-3-5-10(8)20-13(14)15/h2-5,9,13H,6-7H2,1H3,(H,16,17)(H,18,19)/t9-/m0/s1. The van der Waals surface area contributed by atoms with Crippen molar-refractivity contribution in [3.8, 4) is 5.75 Å². The molecule has 0 heterocycles. The van der Waals surface area contributed by atoms with E-state index >= 15 is 0 Å². The molecule has 5 nitrogen and oxygen atoms in total. The number of hydrogen-bond donors (Lipinski definition) is 2. The van der Waals surface area contributed by atoms with Crippen molar-refractivity contribution < 1.29 is 28.2 Å². The largest absolute Gasteiger partial charge is 0.480 e. The number of ether oxygens (including phenoxy) is 1. The van der Waals surface area contributed by atoms with Crippen LogP contribution < -0.4 is 10.1 Å². The van der Waals surface area contributed by atoms with Crippen LogP contribution in [0.3, 0.4) is 0 Å². The number of para-hydroxylation sites is 1. The van der Waals surface area contributed by atoms with Gasteiger partial charge in [0.1, 0.15) is 11.8 Å². The first-order chi connectivity index (χ1) is 9.95. The lowest BCUT2D eigenvalue weighted by Gasteiger charge is -2.15.